The smallest absolute Gasteiger partial charge is 0.183 e. The molecule has 2 aromatic heterocycles. The number of benzene rings is 2. The number of Topliss-reactive ketones (excluding diaryl/α,β-unsaturated/α-hetero) is 1. The van der Waals surface area contributed by atoms with Gasteiger partial charge in [-0.1, -0.05) is 48.5 Å². The number of pyridine rings is 1. The van der Waals surface area contributed by atoms with Gasteiger partial charge in [-0.05, 0) is 35.7 Å². The fourth-order valence-corrected chi connectivity index (χ4v) is 4.57. The first kappa shape index (κ1) is 22.7. The summed E-state index contributed by atoms with van der Waals surface area (Å²) in [6.07, 6.45) is 4.51. The Morgan fingerprint density at radius 3 is 2.66 bits per heavy atom. The molecule has 0 radical (unpaired) electrons. The van der Waals surface area contributed by atoms with Gasteiger partial charge in [0.1, 0.15) is 29.4 Å². The standard InChI is InChI=1S/C28H24N4O2S/c1-2-13-30-28-32-24(18-35-28)27-26-23(12-14-29-27)25(33)16-21(31-26)17-34-22-10-8-20(9-11-22)15-19-6-4-3-5-7-19/h2-12,14,18H,1,13,15-17H2,(H,30,32). The maximum atomic E-state index is 12.9. The molecule has 0 fully saturated rings. The maximum absolute atomic E-state index is 12.9. The molecule has 3 heterocycles. The number of anilines is 1. The van der Waals surface area contributed by atoms with E-state index in [1.165, 1.54) is 22.5 Å². The Hall–Kier alpha value is -4.10. The van der Waals surface area contributed by atoms with E-state index in [9.17, 15) is 4.79 Å². The molecule has 6 nitrogen and oxygen atoms in total. The highest BCUT2D eigenvalue weighted by Gasteiger charge is 2.25. The number of aromatic nitrogens is 2. The number of fused-ring (bicyclic) bond motifs is 1. The van der Waals surface area contributed by atoms with Gasteiger partial charge in [-0.25, -0.2) is 4.98 Å². The van der Waals surface area contributed by atoms with Gasteiger partial charge in [0.25, 0.3) is 0 Å². The number of rotatable bonds is 9. The van der Waals surface area contributed by atoms with Crippen LogP contribution in [0.4, 0.5) is 10.8 Å². The van der Waals surface area contributed by atoms with Crippen LogP contribution in [-0.4, -0.2) is 34.6 Å². The molecule has 1 aliphatic rings. The predicted octanol–water partition coefficient (Wildman–Crippen LogP) is 6.13. The van der Waals surface area contributed by atoms with E-state index >= 15 is 0 Å². The summed E-state index contributed by atoms with van der Waals surface area (Å²) in [7, 11) is 0. The Balaban J connectivity index is 1.31. The molecule has 5 rings (SSSR count). The van der Waals surface area contributed by atoms with Crippen LogP contribution in [-0.2, 0) is 6.42 Å². The maximum Gasteiger partial charge on any atom is 0.183 e. The summed E-state index contributed by atoms with van der Waals surface area (Å²) < 4.78 is 5.97. The summed E-state index contributed by atoms with van der Waals surface area (Å²) in [4.78, 5) is 26.7. The molecular weight excluding hydrogens is 456 g/mol. The Morgan fingerprint density at radius 2 is 1.86 bits per heavy atom. The third kappa shape index (κ3) is 5.36. The Labute approximate surface area is 208 Å². The highest BCUT2D eigenvalue weighted by atomic mass is 32.1. The van der Waals surface area contributed by atoms with Gasteiger partial charge in [0, 0.05) is 23.7 Å². The molecule has 4 aromatic rings. The average Bonchev–Trinajstić information content (AvgIpc) is 3.36. The van der Waals surface area contributed by atoms with Gasteiger partial charge in [-0.3, -0.25) is 14.8 Å². The summed E-state index contributed by atoms with van der Waals surface area (Å²) in [5.74, 6) is 0.752. The van der Waals surface area contributed by atoms with Crippen molar-refractivity contribution in [2.45, 2.75) is 12.8 Å². The van der Waals surface area contributed by atoms with Crippen LogP contribution in [0.2, 0.25) is 0 Å². The van der Waals surface area contributed by atoms with Crippen molar-refractivity contribution < 1.29 is 9.53 Å². The van der Waals surface area contributed by atoms with Crippen molar-refractivity contribution in [1.82, 2.24) is 9.97 Å². The monoisotopic (exact) mass is 480 g/mol. The van der Waals surface area contributed by atoms with Gasteiger partial charge in [0.05, 0.1) is 12.1 Å². The lowest BCUT2D eigenvalue weighted by Gasteiger charge is -2.17. The summed E-state index contributed by atoms with van der Waals surface area (Å²) in [5.41, 5.74) is 5.56. The van der Waals surface area contributed by atoms with E-state index in [2.05, 4.69) is 46.1 Å². The van der Waals surface area contributed by atoms with Crippen LogP contribution in [0.25, 0.3) is 11.4 Å². The third-order valence-corrected chi connectivity index (χ3v) is 6.38. The van der Waals surface area contributed by atoms with E-state index < -0.39 is 0 Å². The zero-order chi connectivity index (χ0) is 24.0. The minimum absolute atomic E-state index is 0.00990. The number of carbonyl (C=O) groups excluding carboxylic acids is 1. The van der Waals surface area contributed by atoms with Crippen molar-refractivity contribution in [1.29, 1.82) is 0 Å². The highest BCUT2D eigenvalue weighted by Crippen LogP contribution is 2.36. The second-order valence-corrected chi connectivity index (χ2v) is 8.99. The molecule has 2 aromatic carbocycles. The number of nitrogens with one attached hydrogen (secondary N) is 1. The van der Waals surface area contributed by atoms with Crippen molar-refractivity contribution in [3.8, 4) is 17.1 Å². The normalized spacial score (nSPS) is 12.6. The largest absolute Gasteiger partial charge is 0.488 e. The number of thiazole rings is 1. The van der Waals surface area contributed by atoms with Crippen molar-refractivity contribution in [3.63, 3.8) is 0 Å². The molecule has 0 saturated heterocycles. The van der Waals surface area contributed by atoms with E-state index in [0.717, 1.165) is 17.3 Å². The summed E-state index contributed by atoms with van der Waals surface area (Å²) in [6, 6.07) is 20.1. The number of hydrogen-bond donors (Lipinski definition) is 1. The number of carbonyl (C=O) groups is 1. The third-order valence-electron chi connectivity index (χ3n) is 5.58. The molecule has 0 spiro atoms. The fourth-order valence-electron chi connectivity index (χ4n) is 3.87. The molecular formula is C28H24N4O2S. The fraction of sp³-hybridized carbons (Fsp3) is 0.143. The molecule has 0 amide bonds. The Kier molecular flexibility index (Phi) is 6.77. The number of aliphatic imine (C=N–C) groups is 1. The Bertz CT molecular complexity index is 1380. The molecule has 0 bridgehead atoms. The molecule has 0 aliphatic carbocycles. The molecule has 0 atom stereocenters. The van der Waals surface area contributed by atoms with Gasteiger partial charge >= 0.3 is 0 Å². The molecule has 35 heavy (non-hydrogen) atoms. The first-order valence-electron chi connectivity index (χ1n) is 11.3. The average molecular weight is 481 g/mol. The number of hydrogen-bond acceptors (Lipinski definition) is 7. The number of nitrogens with zero attached hydrogens (tertiary/aromatic N) is 3. The molecule has 1 aliphatic heterocycles. The highest BCUT2D eigenvalue weighted by molar-refractivity contribution is 7.14. The van der Waals surface area contributed by atoms with Crippen LogP contribution in [0, 0.1) is 0 Å². The Morgan fingerprint density at radius 1 is 1.06 bits per heavy atom. The first-order chi connectivity index (χ1) is 17.2. The molecule has 0 saturated carbocycles. The van der Waals surface area contributed by atoms with Crippen LogP contribution >= 0.6 is 11.3 Å². The number of ketones is 1. The van der Waals surface area contributed by atoms with Crippen LogP contribution in [0.1, 0.15) is 27.9 Å². The van der Waals surface area contributed by atoms with Gasteiger partial charge in [-0.2, -0.15) is 0 Å². The SMILES string of the molecule is C=CCNc1nc(-c2nccc3c2N=C(COc2ccc(Cc4ccccc4)cc2)CC3=O)cs1. The minimum atomic E-state index is 0.00990. The van der Waals surface area contributed by atoms with Crippen molar-refractivity contribution in [2.75, 3.05) is 18.5 Å². The van der Waals surface area contributed by atoms with E-state index in [4.69, 9.17) is 9.73 Å². The summed E-state index contributed by atoms with van der Waals surface area (Å²) in [5, 5.41) is 5.86. The van der Waals surface area contributed by atoms with Gasteiger partial charge in [-0.15, -0.1) is 17.9 Å². The van der Waals surface area contributed by atoms with Crippen molar-refractivity contribution in [2.24, 2.45) is 4.99 Å². The second-order valence-electron chi connectivity index (χ2n) is 8.14. The zero-order valence-electron chi connectivity index (χ0n) is 19.1. The van der Waals surface area contributed by atoms with Crippen LogP contribution < -0.4 is 10.1 Å². The minimum Gasteiger partial charge on any atom is -0.488 e. The number of ether oxygens (including phenoxy) is 1. The molecule has 174 valence electrons. The van der Waals surface area contributed by atoms with Crippen LogP contribution in [0.15, 0.2) is 89.9 Å². The van der Waals surface area contributed by atoms with Crippen LogP contribution in [0.3, 0.4) is 0 Å². The van der Waals surface area contributed by atoms with Crippen LogP contribution in [0.5, 0.6) is 5.75 Å². The second kappa shape index (κ2) is 10.4. The van der Waals surface area contributed by atoms with E-state index in [1.807, 2.05) is 35.7 Å². The van der Waals surface area contributed by atoms with Gasteiger partial charge in [0.2, 0.25) is 0 Å². The van der Waals surface area contributed by atoms with Crippen molar-refractivity contribution in [3.05, 3.63) is 102 Å². The molecule has 7 heteroatoms. The lowest BCUT2D eigenvalue weighted by Crippen LogP contribution is -2.20. The van der Waals surface area contributed by atoms with Gasteiger partial charge < -0.3 is 10.1 Å². The predicted molar refractivity (Wildman–Crippen MR) is 141 cm³/mol. The van der Waals surface area contributed by atoms with E-state index in [-0.39, 0.29) is 18.8 Å². The lowest BCUT2D eigenvalue weighted by molar-refractivity contribution is 0.0998. The topological polar surface area (TPSA) is 76.5 Å². The zero-order valence-corrected chi connectivity index (χ0v) is 19.9. The summed E-state index contributed by atoms with van der Waals surface area (Å²) >= 11 is 1.48. The first-order valence-corrected chi connectivity index (χ1v) is 12.2. The molecule has 1 N–H and O–H groups in total. The quantitative estimate of drug-likeness (QED) is 0.292. The lowest BCUT2D eigenvalue weighted by atomic mass is 9.99. The van der Waals surface area contributed by atoms with E-state index in [1.54, 1.807) is 18.3 Å². The summed E-state index contributed by atoms with van der Waals surface area (Å²) in [6.45, 7) is 4.57. The van der Waals surface area contributed by atoms with Gasteiger partial charge in [0.15, 0.2) is 10.9 Å². The molecule has 0 unspecified atom stereocenters. The van der Waals surface area contributed by atoms with Crippen molar-refractivity contribution >= 4 is 33.7 Å². The van der Waals surface area contributed by atoms with E-state index in [0.29, 0.717) is 34.9 Å².